The third kappa shape index (κ3) is 2.45. The highest BCUT2D eigenvalue weighted by molar-refractivity contribution is 6.59. The molecule has 92 valence electrons. The van der Waals surface area contributed by atoms with E-state index < -0.39 is 0 Å². The molecule has 0 radical (unpaired) electrons. The molecular formula is C14H10Cl2O2. The van der Waals surface area contributed by atoms with E-state index >= 15 is 0 Å². The Morgan fingerprint density at radius 2 is 1.11 bits per heavy atom. The van der Waals surface area contributed by atoms with Gasteiger partial charge in [-0.05, 0) is 12.1 Å². The minimum absolute atomic E-state index is 0.0157. The second-order valence-corrected chi connectivity index (χ2v) is 4.62. The molecule has 2 nitrogen and oxygen atoms in total. The van der Waals surface area contributed by atoms with Crippen LogP contribution in [0.5, 0.6) is 11.5 Å². The van der Waals surface area contributed by atoms with Crippen molar-refractivity contribution in [3.05, 3.63) is 64.1 Å². The third-order valence-electron chi connectivity index (χ3n) is 2.54. The maximum atomic E-state index is 9.85. The molecule has 0 aliphatic heterocycles. The predicted octanol–water partition coefficient (Wildman–Crippen LogP) is 4.29. The van der Waals surface area contributed by atoms with Gasteiger partial charge in [-0.3, -0.25) is 0 Å². The van der Waals surface area contributed by atoms with E-state index in [4.69, 9.17) is 23.2 Å². The van der Waals surface area contributed by atoms with Crippen LogP contribution in [0.15, 0.2) is 53.0 Å². The zero-order chi connectivity index (χ0) is 13.1. The highest BCUT2D eigenvalue weighted by Crippen LogP contribution is 2.38. The van der Waals surface area contributed by atoms with Crippen molar-refractivity contribution >= 4 is 28.8 Å². The molecule has 0 spiro atoms. The number of benzene rings is 2. The number of hydrogen-bond acceptors (Lipinski definition) is 2. The van der Waals surface area contributed by atoms with E-state index in [1.54, 1.807) is 36.4 Å². The zero-order valence-corrected chi connectivity index (χ0v) is 10.8. The van der Waals surface area contributed by atoms with Crippen molar-refractivity contribution in [1.29, 1.82) is 0 Å². The number of halogens is 2. The van der Waals surface area contributed by atoms with Crippen LogP contribution in [0.25, 0.3) is 5.57 Å². The predicted molar refractivity (Wildman–Crippen MR) is 73.9 cm³/mol. The average Bonchev–Trinajstić information content (AvgIpc) is 2.34. The summed E-state index contributed by atoms with van der Waals surface area (Å²) >= 11 is 11.8. The molecule has 18 heavy (non-hydrogen) atoms. The van der Waals surface area contributed by atoms with Crippen LogP contribution in [-0.4, -0.2) is 10.2 Å². The van der Waals surface area contributed by atoms with Crippen molar-refractivity contribution in [1.82, 2.24) is 0 Å². The van der Waals surface area contributed by atoms with Gasteiger partial charge in [0.1, 0.15) is 16.0 Å². The minimum Gasteiger partial charge on any atom is -0.507 e. The molecule has 0 amide bonds. The molecule has 2 aromatic rings. The van der Waals surface area contributed by atoms with Gasteiger partial charge in [0.05, 0.1) is 0 Å². The van der Waals surface area contributed by atoms with Gasteiger partial charge < -0.3 is 10.2 Å². The van der Waals surface area contributed by atoms with Crippen molar-refractivity contribution in [2.75, 3.05) is 0 Å². The summed E-state index contributed by atoms with van der Waals surface area (Å²) in [5.74, 6) is 0.101. The third-order valence-corrected chi connectivity index (χ3v) is 2.91. The van der Waals surface area contributed by atoms with Gasteiger partial charge in [0, 0.05) is 16.7 Å². The summed E-state index contributed by atoms with van der Waals surface area (Å²) in [6, 6.07) is 13.3. The lowest BCUT2D eigenvalue weighted by Crippen LogP contribution is -1.90. The summed E-state index contributed by atoms with van der Waals surface area (Å²) in [4.78, 5) is 0. The van der Waals surface area contributed by atoms with E-state index in [2.05, 4.69) is 0 Å². The molecule has 4 heteroatoms. The van der Waals surface area contributed by atoms with Gasteiger partial charge in [-0.25, -0.2) is 0 Å². The fraction of sp³-hybridized carbons (Fsp3) is 0. The van der Waals surface area contributed by atoms with Crippen molar-refractivity contribution in [3.63, 3.8) is 0 Å². The maximum absolute atomic E-state index is 9.85. The highest BCUT2D eigenvalue weighted by atomic mass is 35.5. The molecule has 0 saturated heterocycles. The first-order valence-electron chi connectivity index (χ1n) is 5.23. The first-order valence-corrected chi connectivity index (χ1v) is 5.99. The number of hydrogen-bond donors (Lipinski definition) is 2. The lowest BCUT2D eigenvalue weighted by atomic mass is 9.98. The van der Waals surface area contributed by atoms with Gasteiger partial charge in [-0.15, -0.1) is 0 Å². The quantitative estimate of drug-likeness (QED) is 0.862. The second kappa shape index (κ2) is 5.34. The van der Waals surface area contributed by atoms with Gasteiger partial charge in [-0.1, -0.05) is 59.6 Å². The van der Waals surface area contributed by atoms with E-state index in [9.17, 15) is 10.2 Å². The van der Waals surface area contributed by atoms with E-state index in [0.29, 0.717) is 16.7 Å². The first-order chi connectivity index (χ1) is 8.61. The Kier molecular flexibility index (Phi) is 3.80. The molecular weight excluding hydrogens is 271 g/mol. The summed E-state index contributed by atoms with van der Waals surface area (Å²) < 4.78 is -0.0157. The van der Waals surface area contributed by atoms with Gasteiger partial charge in [0.15, 0.2) is 0 Å². The Morgan fingerprint density at radius 3 is 1.44 bits per heavy atom. The van der Waals surface area contributed by atoms with E-state index in [1.807, 2.05) is 0 Å². The molecule has 2 N–H and O–H groups in total. The van der Waals surface area contributed by atoms with E-state index in [0.717, 1.165) is 0 Å². The summed E-state index contributed by atoms with van der Waals surface area (Å²) in [6.07, 6.45) is 0. The van der Waals surface area contributed by atoms with Gasteiger partial charge in [0.25, 0.3) is 0 Å². The largest absolute Gasteiger partial charge is 0.507 e. The van der Waals surface area contributed by atoms with Crippen LogP contribution >= 0.6 is 23.2 Å². The van der Waals surface area contributed by atoms with Gasteiger partial charge >= 0.3 is 0 Å². The first kappa shape index (κ1) is 12.8. The summed E-state index contributed by atoms with van der Waals surface area (Å²) in [5, 5.41) is 19.7. The van der Waals surface area contributed by atoms with Crippen LogP contribution in [0.2, 0.25) is 0 Å². The molecule has 2 aromatic carbocycles. The topological polar surface area (TPSA) is 40.5 Å². The molecule has 0 saturated carbocycles. The second-order valence-electron chi connectivity index (χ2n) is 3.67. The SMILES string of the molecule is Oc1ccccc1C(=C(Cl)Cl)c1ccccc1O. The van der Waals surface area contributed by atoms with Crippen molar-refractivity contribution in [3.8, 4) is 11.5 Å². The number of rotatable bonds is 2. The van der Waals surface area contributed by atoms with Gasteiger partial charge in [0.2, 0.25) is 0 Å². The standard InChI is InChI=1S/C14H10Cl2O2/c15-14(16)13(9-5-1-3-7-11(9)17)10-6-2-4-8-12(10)18/h1-8,17-18H. The fourth-order valence-electron chi connectivity index (χ4n) is 1.72. The molecule has 0 aliphatic rings. The summed E-state index contributed by atoms with van der Waals surface area (Å²) in [7, 11) is 0. The molecule has 0 unspecified atom stereocenters. The Hall–Kier alpha value is -1.64. The fourth-order valence-corrected chi connectivity index (χ4v) is 2.13. The average molecular weight is 281 g/mol. The molecule has 0 aromatic heterocycles. The van der Waals surface area contributed by atoms with E-state index in [-0.39, 0.29) is 16.0 Å². The summed E-state index contributed by atoms with van der Waals surface area (Å²) in [5.41, 5.74) is 1.34. The maximum Gasteiger partial charge on any atom is 0.123 e. The molecule has 0 fully saturated rings. The van der Waals surface area contributed by atoms with Crippen LogP contribution in [0.3, 0.4) is 0 Å². The molecule has 0 aliphatic carbocycles. The van der Waals surface area contributed by atoms with Gasteiger partial charge in [-0.2, -0.15) is 0 Å². The van der Waals surface area contributed by atoms with Crippen molar-refractivity contribution in [2.45, 2.75) is 0 Å². The molecule has 0 atom stereocenters. The molecule has 2 rings (SSSR count). The van der Waals surface area contributed by atoms with Crippen molar-refractivity contribution in [2.24, 2.45) is 0 Å². The van der Waals surface area contributed by atoms with Crippen LogP contribution in [0.1, 0.15) is 11.1 Å². The Balaban J connectivity index is 2.68. The zero-order valence-electron chi connectivity index (χ0n) is 9.27. The monoisotopic (exact) mass is 280 g/mol. The van der Waals surface area contributed by atoms with Crippen LogP contribution < -0.4 is 0 Å². The van der Waals surface area contributed by atoms with E-state index in [1.165, 1.54) is 12.1 Å². The Labute approximate surface area is 115 Å². The van der Waals surface area contributed by atoms with Crippen molar-refractivity contribution < 1.29 is 10.2 Å². The number of para-hydroxylation sites is 2. The Morgan fingerprint density at radius 1 is 0.722 bits per heavy atom. The number of phenols is 2. The van der Waals surface area contributed by atoms with Crippen LogP contribution in [-0.2, 0) is 0 Å². The van der Waals surface area contributed by atoms with Crippen LogP contribution in [0.4, 0.5) is 0 Å². The molecule has 0 bridgehead atoms. The smallest absolute Gasteiger partial charge is 0.123 e. The highest BCUT2D eigenvalue weighted by Gasteiger charge is 2.15. The number of aromatic hydroxyl groups is 2. The lowest BCUT2D eigenvalue weighted by Gasteiger charge is -2.11. The Bertz CT molecular complexity index is 555. The number of phenolic OH excluding ortho intramolecular Hbond substituents is 2. The lowest BCUT2D eigenvalue weighted by molar-refractivity contribution is 0.471. The normalized spacial score (nSPS) is 10.1. The molecule has 0 heterocycles. The van der Waals surface area contributed by atoms with Crippen LogP contribution in [0, 0.1) is 0 Å². The summed E-state index contributed by atoms with van der Waals surface area (Å²) in [6.45, 7) is 0. The minimum atomic E-state index is -0.0157.